The zero-order valence-electron chi connectivity index (χ0n) is 12.2. The van der Waals surface area contributed by atoms with Gasteiger partial charge in [0.1, 0.15) is 0 Å². The highest BCUT2D eigenvalue weighted by atomic mass is 16.4. The molecule has 1 heterocycles. The Morgan fingerprint density at radius 1 is 1.00 bits per heavy atom. The summed E-state index contributed by atoms with van der Waals surface area (Å²) in [5, 5.41) is 18.2. The summed E-state index contributed by atoms with van der Waals surface area (Å²) in [6.45, 7) is -0.342. The van der Waals surface area contributed by atoms with E-state index in [2.05, 4.69) is 5.43 Å². The van der Waals surface area contributed by atoms with E-state index in [1.54, 1.807) is 0 Å². The summed E-state index contributed by atoms with van der Waals surface area (Å²) in [5.41, 5.74) is 2.54. The SMILES string of the molecule is O=C(O)CCNN(CCC(=O)O)C(=O)CCN1C(=O)C=CC1=O. The van der Waals surface area contributed by atoms with Gasteiger partial charge in [0.2, 0.25) is 5.91 Å². The zero-order chi connectivity index (χ0) is 17.4. The lowest BCUT2D eigenvalue weighted by Gasteiger charge is -2.23. The predicted molar refractivity (Wildman–Crippen MR) is 74.7 cm³/mol. The maximum atomic E-state index is 12.1. The molecule has 1 aliphatic heterocycles. The van der Waals surface area contributed by atoms with E-state index in [-0.39, 0.29) is 38.9 Å². The molecule has 23 heavy (non-hydrogen) atoms. The molecule has 10 nitrogen and oxygen atoms in total. The molecule has 0 spiro atoms. The Labute approximate surface area is 131 Å². The third-order valence-corrected chi connectivity index (χ3v) is 2.94. The van der Waals surface area contributed by atoms with Crippen LogP contribution in [0.3, 0.4) is 0 Å². The van der Waals surface area contributed by atoms with E-state index in [4.69, 9.17) is 10.2 Å². The Bertz CT molecular complexity index is 526. The van der Waals surface area contributed by atoms with Crippen LogP contribution >= 0.6 is 0 Å². The van der Waals surface area contributed by atoms with Crippen molar-refractivity contribution in [3.05, 3.63) is 12.2 Å². The lowest BCUT2D eigenvalue weighted by molar-refractivity contribution is -0.142. The summed E-state index contributed by atoms with van der Waals surface area (Å²) in [4.78, 5) is 56.7. The number of carboxylic acids is 2. The number of carbonyl (C=O) groups is 5. The molecule has 10 heteroatoms. The average Bonchev–Trinajstić information content (AvgIpc) is 2.78. The van der Waals surface area contributed by atoms with E-state index in [1.165, 1.54) is 0 Å². The summed E-state index contributed by atoms with van der Waals surface area (Å²) < 4.78 is 0. The molecular formula is C13H17N3O7. The van der Waals surface area contributed by atoms with Crippen LogP contribution in [0.25, 0.3) is 0 Å². The minimum atomic E-state index is -1.11. The number of hydrazine groups is 1. The molecule has 3 amide bonds. The molecule has 0 aliphatic carbocycles. The van der Waals surface area contributed by atoms with E-state index < -0.39 is 29.7 Å². The number of hydrogen-bond donors (Lipinski definition) is 3. The quantitative estimate of drug-likeness (QED) is 0.328. The Morgan fingerprint density at radius 2 is 1.57 bits per heavy atom. The van der Waals surface area contributed by atoms with Crippen LogP contribution in [0.4, 0.5) is 0 Å². The molecule has 0 saturated heterocycles. The first-order chi connectivity index (χ1) is 10.8. The maximum Gasteiger partial charge on any atom is 0.305 e. The van der Waals surface area contributed by atoms with Gasteiger partial charge in [-0.15, -0.1) is 0 Å². The highest BCUT2D eigenvalue weighted by Gasteiger charge is 2.25. The second kappa shape index (κ2) is 8.63. The molecule has 126 valence electrons. The molecule has 0 aromatic rings. The molecule has 0 atom stereocenters. The first-order valence-electron chi connectivity index (χ1n) is 6.82. The highest BCUT2D eigenvalue weighted by Crippen LogP contribution is 2.05. The molecule has 1 rings (SSSR count). The molecule has 0 aromatic carbocycles. The van der Waals surface area contributed by atoms with Gasteiger partial charge in [0, 0.05) is 38.2 Å². The van der Waals surface area contributed by atoms with Gasteiger partial charge in [-0.25, -0.2) is 5.43 Å². The predicted octanol–water partition coefficient (Wildman–Crippen LogP) is -1.42. The fourth-order valence-electron chi connectivity index (χ4n) is 1.79. The summed E-state index contributed by atoms with van der Waals surface area (Å²) >= 11 is 0. The Balaban J connectivity index is 2.52. The van der Waals surface area contributed by atoms with Gasteiger partial charge >= 0.3 is 11.9 Å². The largest absolute Gasteiger partial charge is 0.481 e. The summed E-state index contributed by atoms with van der Waals surface area (Å²) in [6, 6.07) is 0. The van der Waals surface area contributed by atoms with Crippen LogP contribution < -0.4 is 5.43 Å². The Morgan fingerprint density at radius 3 is 2.09 bits per heavy atom. The van der Waals surface area contributed by atoms with Gasteiger partial charge < -0.3 is 10.2 Å². The van der Waals surface area contributed by atoms with Crippen LogP contribution in [0.1, 0.15) is 19.3 Å². The Hall–Kier alpha value is -2.75. The lowest BCUT2D eigenvalue weighted by Crippen LogP contribution is -2.46. The molecule has 0 saturated carbocycles. The normalized spacial score (nSPS) is 13.5. The monoisotopic (exact) mass is 327 g/mol. The molecular weight excluding hydrogens is 310 g/mol. The summed E-state index contributed by atoms with van der Waals surface area (Å²) in [6.07, 6.45) is 1.43. The molecule has 1 aliphatic rings. The van der Waals surface area contributed by atoms with Crippen LogP contribution in [0.5, 0.6) is 0 Å². The molecule has 0 aromatic heterocycles. The second-order valence-corrected chi connectivity index (χ2v) is 4.65. The summed E-state index contributed by atoms with van der Waals surface area (Å²) in [7, 11) is 0. The fraction of sp³-hybridized carbons (Fsp3) is 0.462. The smallest absolute Gasteiger partial charge is 0.305 e. The number of hydrogen-bond acceptors (Lipinski definition) is 6. The number of carboxylic acid groups (broad SMARTS) is 2. The number of imide groups is 1. The highest BCUT2D eigenvalue weighted by molar-refractivity contribution is 6.13. The van der Waals surface area contributed by atoms with Gasteiger partial charge in [-0.05, 0) is 0 Å². The van der Waals surface area contributed by atoms with Crippen LogP contribution in [0.15, 0.2) is 12.2 Å². The molecule has 0 unspecified atom stereocenters. The lowest BCUT2D eigenvalue weighted by atomic mass is 10.3. The van der Waals surface area contributed by atoms with Gasteiger partial charge in [0.05, 0.1) is 12.8 Å². The zero-order valence-corrected chi connectivity index (χ0v) is 12.2. The summed E-state index contributed by atoms with van der Waals surface area (Å²) in [5.74, 6) is -3.75. The van der Waals surface area contributed by atoms with E-state index in [0.29, 0.717) is 0 Å². The number of nitrogens with one attached hydrogen (secondary N) is 1. The number of nitrogens with zero attached hydrogens (tertiary/aromatic N) is 2. The molecule has 3 N–H and O–H groups in total. The Kier molecular flexibility index (Phi) is 6.87. The van der Waals surface area contributed by atoms with Crippen LogP contribution in [0, 0.1) is 0 Å². The molecule has 0 radical (unpaired) electrons. The fourth-order valence-corrected chi connectivity index (χ4v) is 1.79. The van der Waals surface area contributed by atoms with Gasteiger partial charge in [-0.3, -0.25) is 33.9 Å². The molecule has 0 bridgehead atoms. The van der Waals surface area contributed by atoms with E-state index in [1.807, 2.05) is 0 Å². The topological polar surface area (TPSA) is 144 Å². The second-order valence-electron chi connectivity index (χ2n) is 4.65. The van der Waals surface area contributed by atoms with Crippen molar-refractivity contribution in [2.24, 2.45) is 0 Å². The van der Waals surface area contributed by atoms with Crippen molar-refractivity contribution in [3.63, 3.8) is 0 Å². The standard InChI is InChI=1S/C13H17N3O7/c17-9-1-2-10(18)15(9)7-4-11(19)16(8-5-13(22)23)14-6-3-12(20)21/h1-2,14H,3-8H2,(H,20,21)(H,22,23). The maximum absolute atomic E-state index is 12.1. The van der Waals surface area contributed by atoms with Crippen LogP contribution in [-0.2, 0) is 24.0 Å². The van der Waals surface area contributed by atoms with E-state index in [0.717, 1.165) is 22.1 Å². The van der Waals surface area contributed by atoms with Crippen molar-refractivity contribution >= 4 is 29.7 Å². The van der Waals surface area contributed by atoms with E-state index >= 15 is 0 Å². The number of aliphatic carboxylic acids is 2. The third-order valence-electron chi connectivity index (χ3n) is 2.94. The van der Waals surface area contributed by atoms with Crippen molar-refractivity contribution in [2.45, 2.75) is 19.3 Å². The first kappa shape index (κ1) is 18.3. The van der Waals surface area contributed by atoms with Crippen molar-refractivity contribution in [2.75, 3.05) is 19.6 Å². The minimum absolute atomic E-state index is 0.0518. The van der Waals surface area contributed by atoms with Crippen LogP contribution in [0.2, 0.25) is 0 Å². The number of rotatable bonds is 10. The average molecular weight is 327 g/mol. The van der Waals surface area contributed by atoms with Crippen molar-refractivity contribution in [1.82, 2.24) is 15.3 Å². The minimum Gasteiger partial charge on any atom is -0.481 e. The van der Waals surface area contributed by atoms with Crippen molar-refractivity contribution in [1.29, 1.82) is 0 Å². The number of carbonyl (C=O) groups excluding carboxylic acids is 3. The van der Waals surface area contributed by atoms with Gasteiger partial charge in [-0.1, -0.05) is 0 Å². The van der Waals surface area contributed by atoms with Gasteiger partial charge in [-0.2, -0.15) is 0 Å². The van der Waals surface area contributed by atoms with Gasteiger partial charge in [0.15, 0.2) is 0 Å². The first-order valence-corrected chi connectivity index (χ1v) is 6.82. The number of amides is 3. The van der Waals surface area contributed by atoms with Crippen LogP contribution in [-0.4, -0.2) is 69.4 Å². The third kappa shape index (κ3) is 6.26. The van der Waals surface area contributed by atoms with Crippen molar-refractivity contribution < 1.29 is 34.2 Å². The van der Waals surface area contributed by atoms with Crippen molar-refractivity contribution in [3.8, 4) is 0 Å². The molecule has 0 fully saturated rings. The van der Waals surface area contributed by atoms with Gasteiger partial charge in [0.25, 0.3) is 11.8 Å². The van der Waals surface area contributed by atoms with E-state index in [9.17, 15) is 24.0 Å².